The smallest absolute Gasteiger partial charge is 0.239 e. The van der Waals surface area contributed by atoms with Gasteiger partial charge in [0.1, 0.15) is 11.1 Å². The van der Waals surface area contributed by atoms with E-state index >= 15 is 0 Å². The van der Waals surface area contributed by atoms with Gasteiger partial charge in [-0.1, -0.05) is 0 Å². The zero-order chi connectivity index (χ0) is 12.4. The van der Waals surface area contributed by atoms with Gasteiger partial charge in [0.2, 0.25) is 5.91 Å². The number of carbonyl (C=O) groups is 1. The highest BCUT2D eigenvalue weighted by Crippen LogP contribution is 2.24. The summed E-state index contributed by atoms with van der Waals surface area (Å²) >= 11 is 1.59. The molecular weight excluding hydrogens is 321 g/mol. The first-order valence-electron chi connectivity index (χ1n) is 6.38. The topological polar surface area (TPSA) is 54.5 Å². The van der Waals surface area contributed by atoms with Gasteiger partial charge in [0.15, 0.2) is 0 Å². The van der Waals surface area contributed by atoms with Gasteiger partial charge < -0.3 is 15.0 Å². The molecule has 2 aliphatic heterocycles. The Morgan fingerprint density at radius 1 is 1.50 bits per heavy atom. The Balaban J connectivity index is 0.000001000. The molecule has 2 unspecified atom stereocenters. The van der Waals surface area contributed by atoms with Gasteiger partial charge in [-0.05, 0) is 19.4 Å². The van der Waals surface area contributed by atoms with Gasteiger partial charge in [0, 0.05) is 18.1 Å². The van der Waals surface area contributed by atoms with Crippen LogP contribution in [0.25, 0.3) is 0 Å². The molecule has 0 bridgehead atoms. The summed E-state index contributed by atoms with van der Waals surface area (Å²) in [6.07, 6.45) is 3.78. The van der Waals surface area contributed by atoms with Gasteiger partial charge in [0.25, 0.3) is 0 Å². The molecule has 3 heterocycles. The molecule has 0 aliphatic carbocycles. The van der Waals surface area contributed by atoms with Gasteiger partial charge in [-0.2, -0.15) is 0 Å². The summed E-state index contributed by atoms with van der Waals surface area (Å²) in [5.41, 5.74) is 0. The number of nitrogens with zero attached hydrogens (tertiary/aromatic N) is 2. The number of aromatic nitrogens is 1. The fourth-order valence-corrected chi connectivity index (χ4v) is 3.19. The summed E-state index contributed by atoms with van der Waals surface area (Å²) in [6, 6.07) is 0.0139. The van der Waals surface area contributed by atoms with Crippen LogP contribution in [-0.4, -0.2) is 48.1 Å². The zero-order valence-electron chi connectivity index (χ0n) is 11.0. The largest absolute Gasteiger partial charge is 0.367 e. The quantitative estimate of drug-likeness (QED) is 0.889. The van der Waals surface area contributed by atoms with E-state index in [2.05, 4.69) is 10.3 Å². The summed E-state index contributed by atoms with van der Waals surface area (Å²) in [7, 11) is 0. The average Bonchev–Trinajstić information content (AvgIpc) is 3.11. The van der Waals surface area contributed by atoms with Crippen molar-refractivity contribution in [3.8, 4) is 0 Å². The molecule has 1 aromatic rings. The lowest BCUT2D eigenvalue weighted by Crippen LogP contribution is -2.49. The minimum atomic E-state index is -0.0518. The number of halogens is 2. The van der Waals surface area contributed by atoms with E-state index in [9.17, 15) is 4.79 Å². The summed E-state index contributed by atoms with van der Waals surface area (Å²) in [5.74, 6) is 0.220. The molecule has 114 valence electrons. The van der Waals surface area contributed by atoms with E-state index in [1.54, 1.807) is 17.5 Å². The molecule has 1 aromatic heterocycles. The number of morpholine rings is 1. The molecule has 2 fully saturated rings. The first-order chi connectivity index (χ1) is 8.84. The van der Waals surface area contributed by atoms with E-state index < -0.39 is 0 Å². The van der Waals surface area contributed by atoms with Crippen molar-refractivity contribution in [1.82, 2.24) is 15.2 Å². The summed E-state index contributed by atoms with van der Waals surface area (Å²) in [6.45, 7) is 2.88. The Labute approximate surface area is 134 Å². The van der Waals surface area contributed by atoms with Gasteiger partial charge in [-0.3, -0.25) is 4.79 Å². The maximum atomic E-state index is 12.3. The highest BCUT2D eigenvalue weighted by molar-refractivity contribution is 7.09. The number of carbonyl (C=O) groups excluding carboxylic acids is 1. The molecule has 1 amide bonds. The number of nitrogens with one attached hydrogen (secondary N) is 1. The van der Waals surface area contributed by atoms with Crippen LogP contribution in [-0.2, 0) is 9.53 Å². The number of rotatable bonds is 2. The van der Waals surface area contributed by atoms with Crippen molar-refractivity contribution in [3.63, 3.8) is 0 Å². The van der Waals surface area contributed by atoms with Crippen LogP contribution in [0.5, 0.6) is 0 Å². The Hall–Kier alpha value is -0.400. The van der Waals surface area contributed by atoms with Crippen molar-refractivity contribution < 1.29 is 9.53 Å². The predicted octanol–water partition coefficient (Wildman–Crippen LogP) is 1.64. The Kier molecular flexibility index (Phi) is 7.19. The van der Waals surface area contributed by atoms with Crippen LogP contribution in [0, 0.1) is 0 Å². The molecule has 5 nitrogen and oxygen atoms in total. The molecule has 1 N–H and O–H groups in total. The van der Waals surface area contributed by atoms with E-state index in [1.807, 2.05) is 10.3 Å². The first kappa shape index (κ1) is 17.7. The number of amides is 1. The zero-order valence-corrected chi connectivity index (χ0v) is 13.4. The molecule has 20 heavy (non-hydrogen) atoms. The maximum absolute atomic E-state index is 12.3. The lowest BCUT2D eigenvalue weighted by atomic mass is 10.2. The SMILES string of the molecule is Cl.Cl.O=C(C1CCCN1)N1CCOC(c2nccs2)C1. The van der Waals surface area contributed by atoms with Crippen molar-refractivity contribution >= 4 is 42.1 Å². The van der Waals surface area contributed by atoms with Gasteiger partial charge in [-0.15, -0.1) is 36.2 Å². The Morgan fingerprint density at radius 2 is 2.35 bits per heavy atom. The molecule has 0 saturated carbocycles. The summed E-state index contributed by atoms with van der Waals surface area (Å²) < 4.78 is 5.70. The van der Waals surface area contributed by atoms with Crippen LogP contribution in [0.15, 0.2) is 11.6 Å². The summed E-state index contributed by atoms with van der Waals surface area (Å²) in [4.78, 5) is 18.5. The lowest BCUT2D eigenvalue weighted by molar-refractivity contribution is -0.140. The molecule has 0 radical (unpaired) electrons. The van der Waals surface area contributed by atoms with Crippen LogP contribution >= 0.6 is 36.2 Å². The standard InChI is InChI=1S/C12H17N3O2S.2ClH/c16-12(9-2-1-3-13-9)15-5-6-17-10(8-15)11-14-4-7-18-11;;/h4,7,9-10,13H,1-3,5-6,8H2;2*1H. The van der Waals surface area contributed by atoms with Crippen molar-refractivity contribution in [2.45, 2.75) is 25.0 Å². The third kappa shape index (κ3) is 3.83. The van der Waals surface area contributed by atoms with Gasteiger partial charge >= 0.3 is 0 Å². The molecule has 0 aromatic carbocycles. The van der Waals surface area contributed by atoms with Crippen molar-refractivity contribution in [3.05, 3.63) is 16.6 Å². The Morgan fingerprint density at radius 3 is 3.00 bits per heavy atom. The van der Waals surface area contributed by atoms with Gasteiger partial charge in [-0.25, -0.2) is 4.98 Å². The molecule has 2 atom stereocenters. The number of ether oxygens (including phenoxy) is 1. The second kappa shape index (κ2) is 8.14. The van der Waals surface area contributed by atoms with E-state index in [4.69, 9.17) is 4.74 Å². The van der Waals surface area contributed by atoms with E-state index in [0.717, 1.165) is 24.4 Å². The van der Waals surface area contributed by atoms with Crippen molar-refractivity contribution in [2.75, 3.05) is 26.2 Å². The van der Waals surface area contributed by atoms with E-state index in [1.165, 1.54) is 0 Å². The second-order valence-electron chi connectivity index (χ2n) is 4.66. The van der Waals surface area contributed by atoms with Crippen LogP contribution in [0.2, 0.25) is 0 Å². The summed E-state index contributed by atoms with van der Waals surface area (Å²) in [5, 5.41) is 6.17. The second-order valence-corrected chi connectivity index (χ2v) is 5.59. The van der Waals surface area contributed by atoms with Crippen LogP contribution in [0.4, 0.5) is 0 Å². The number of hydrogen-bond donors (Lipinski definition) is 1. The number of hydrogen-bond acceptors (Lipinski definition) is 5. The fourth-order valence-electron chi connectivity index (χ4n) is 2.51. The van der Waals surface area contributed by atoms with E-state index in [-0.39, 0.29) is 42.9 Å². The molecule has 2 saturated heterocycles. The first-order valence-corrected chi connectivity index (χ1v) is 7.26. The number of thiazole rings is 1. The molecule has 8 heteroatoms. The molecule has 3 rings (SSSR count). The van der Waals surface area contributed by atoms with Gasteiger partial charge in [0.05, 0.1) is 19.2 Å². The monoisotopic (exact) mass is 339 g/mol. The lowest BCUT2D eigenvalue weighted by Gasteiger charge is -2.33. The van der Waals surface area contributed by atoms with Crippen molar-refractivity contribution in [2.24, 2.45) is 0 Å². The van der Waals surface area contributed by atoms with E-state index in [0.29, 0.717) is 19.7 Å². The normalized spacial score (nSPS) is 25.7. The van der Waals surface area contributed by atoms with Crippen molar-refractivity contribution in [1.29, 1.82) is 0 Å². The Bertz CT molecular complexity index is 413. The minimum absolute atomic E-state index is 0. The highest BCUT2D eigenvalue weighted by atomic mass is 35.5. The molecule has 0 spiro atoms. The highest BCUT2D eigenvalue weighted by Gasteiger charge is 2.31. The fraction of sp³-hybridized carbons (Fsp3) is 0.667. The minimum Gasteiger partial charge on any atom is -0.367 e. The third-order valence-electron chi connectivity index (χ3n) is 3.46. The molecular formula is C12H19Cl2N3O2S. The maximum Gasteiger partial charge on any atom is 0.239 e. The average molecular weight is 340 g/mol. The van der Waals surface area contributed by atoms with Crippen LogP contribution in [0.1, 0.15) is 24.0 Å². The third-order valence-corrected chi connectivity index (χ3v) is 4.33. The van der Waals surface area contributed by atoms with Crippen LogP contribution in [0.3, 0.4) is 0 Å². The predicted molar refractivity (Wildman–Crippen MR) is 82.9 cm³/mol. The molecule has 2 aliphatic rings. The van der Waals surface area contributed by atoms with Crippen LogP contribution < -0.4 is 5.32 Å².